The van der Waals surface area contributed by atoms with E-state index < -0.39 is 101 Å². The molecule has 2 saturated carbocycles. The average Bonchev–Trinajstić information content (AvgIpc) is 3.88. The number of thiazole rings is 2. The molecule has 2 aliphatic carbocycles. The number of sulfone groups is 2. The molecule has 6 atom stereocenters. The predicted molar refractivity (Wildman–Crippen MR) is 225 cm³/mol. The first-order valence-electron chi connectivity index (χ1n) is 19.0. The zero-order valence-corrected chi connectivity index (χ0v) is 38.4. The van der Waals surface area contributed by atoms with Crippen molar-refractivity contribution in [2.75, 3.05) is 38.8 Å². The summed E-state index contributed by atoms with van der Waals surface area (Å²) in [6, 6.07) is 2.34. The van der Waals surface area contributed by atoms with E-state index in [2.05, 4.69) is 20.6 Å². The van der Waals surface area contributed by atoms with Gasteiger partial charge in [-0.15, -0.1) is 22.7 Å². The van der Waals surface area contributed by atoms with Gasteiger partial charge in [-0.05, 0) is 91.0 Å². The molecule has 2 heterocycles. The van der Waals surface area contributed by atoms with Crippen LogP contribution in [-0.4, -0.2) is 101 Å². The number of halogens is 10. The quantitative estimate of drug-likeness (QED) is 0.133. The standard InChI is InChI=1S/2C19H22ClF4N3O2S2/c2*1-27(2)16-7-11(19(22,23)24)3-4-14(16)26-15-9-13(21)17(8-12(15)20)31(28,29)10-18-25-5-6-30-18/h2*5-6,8-9,11,14,16,26H,3-4,7,10H2,1-2H3/t2*11-,14+,16+/m10/s1. The first kappa shape index (κ1) is 50.1. The molecule has 0 saturated heterocycles. The summed E-state index contributed by atoms with van der Waals surface area (Å²) >= 11 is 14.8. The van der Waals surface area contributed by atoms with Gasteiger partial charge in [-0.1, -0.05) is 23.2 Å². The minimum atomic E-state index is -4.27. The van der Waals surface area contributed by atoms with Crippen molar-refractivity contribution in [3.63, 3.8) is 0 Å². The van der Waals surface area contributed by atoms with Gasteiger partial charge in [-0.2, -0.15) is 26.3 Å². The molecule has 0 amide bonds. The lowest BCUT2D eigenvalue weighted by Gasteiger charge is -2.41. The van der Waals surface area contributed by atoms with Gasteiger partial charge in [0.25, 0.3) is 0 Å². The molecule has 0 bridgehead atoms. The number of aromatic nitrogens is 2. The highest BCUT2D eigenvalue weighted by molar-refractivity contribution is 7.91. The van der Waals surface area contributed by atoms with Crippen LogP contribution in [-0.2, 0) is 31.2 Å². The second kappa shape index (κ2) is 20.1. The smallest absolute Gasteiger partial charge is 0.379 e. The fourth-order valence-electron chi connectivity index (χ4n) is 7.65. The van der Waals surface area contributed by atoms with E-state index >= 15 is 0 Å². The highest BCUT2D eigenvalue weighted by atomic mass is 35.5. The predicted octanol–water partition coefficient (Wildman–Crippen LogP) is 9.97. The molecular formula is C38H44Cl2F8N6O4S4. The summed E-state index contributed by atoms with van der Waals surface area (Å²) in [6.45, 7) is 0. The summed E-state index contributed by atoms with van der Waals surface area (Å²) in [7, 11) is -1.26. The Kier molecular flexibility index (Phi) is 16.3. The van der Waals surface area contributed by atoms with Crippen molar-refractivity contribution in [2.24, 2.45) is 11.8 Å². The Bertz CT molecular complexity index is 2190. The lowest BCUT2D eigenvalue weighted by atomic mass is 9.81. The van der Waals surface area contributed by atoms with E-state index in [0.29, 0.717) is 10.0 Å². The number of hydrogen-bond acceptors (Lipinski definition) is 12. The Morgan fingerprint density at radius 1 is 0.645 bits per heavy atom. The number of alkyl halides is 6. The molecule has 0 aliphatic heterocycles. The highest BCUT2D eigenvalue weighted by Crippen LogP contribution is 2.42. The number of rotatable bonds is 12. The molecule has 2 fully saturated rings. The van der Waals surface area contributed by atoms with Crippen LogP contribution in [0.25, 0.3) is 0 Å². The molecule has 2 N–H and O–H groups in total. The van der Waals surface area contributed by atoms with Crippen LogP contribution in [0, 0.1) is 23.5 Å². The van der Waals surface area contributed by atoms with Crippen molar-refractivity contribution in [3.8, 4) is 0 Å². The molecule has 10 nitrogen and oxygen atoms in total. The Morgan fingerprint density at radius 3 is 1.29 bits per heavy atom. The van der Waals surface area contributed by atoms with E-state index in [1.165, 1.54) is 12.4 Å². The topological polar surface area (TPSA) is 125 Å². The van der Waals surface area contributed by atoms with Crippen molar-refractivity contribution in [1.82, 2.24) is 19.8 Å². The van der Waals surface area contributed by atoms with E-state index in [1.54, 1.807) is 48.8 Å². The molecule has 62 heavy (non-hydrogen) atoms. The van der Waals surface area contributed by atoms with Gasteiger partial charge in [0.05, 0.1) is 33.3 Å². The Balaban J connectivity index is 0.000000234. The van der Waals surface area contributed by atoms with Crippen LogP contribution in [0.4, 0.5) is 46.5 Å². The van der Waals surface area contributed by atoms with E-state index in [-0.39, 0.29) is 59.9 Å². The Hall–Kier alpha value is -2.86. The van der Waals surface area contributed by atoms with Gasteiger partial charge in [-0.3, -0.25) is 0 Å². The third-order valence-electron chi connectivity index (χ3n) is 10.9. The van der Waals surface area contributed by atoms with Crippen LogP contribution >= 0.6 is 45.9 Å². The summed E-state index contributed by atoms with van der Waals surface area (Å²) in [5.41, 5.74) is 0.296. The lowest BCUT2D eigenvalue weighted by molar-refractivity contribution is -0.187. The maximum absolute atomic E-state index is 14.7. The number of likely N-dealkylation sites (N-methyl/N-ethyl adjacent to an activating group) is 2. The number of nitrogens with zero attached hydrogens (tertiary/aromatic N) is 4. The highest BCUT2D eigenvalue weighted by Gasteiger charge is 2.47. The summed E-state index contributed by atoms with van der Waals surface area (Å²) < 4.78 is 159. The summed E-state index contributed by atoms with van der Waals surface area (Å²) in [6.07, 6.45) is -5.46. The monoisotopic (exact) mass is 998 g/mol. The number of anilines is 2. The Morgan fingerprint density at radius 2 is 1.00 bits per heavy atom. The van der Waals surface area contributed by atoms with Crippen LogP contribution in [0.3, 0.4) is 0 Å². The molecule has 2 aliphatic rings. The van der Waals surface area contributed by atoms with Crippen molar-refractivity contribution in [2.45, 2.75) is 96.3 Å². The minimum Gasteiger partial charge on any atom is -0.379 e. The zero-order valence-electron chi connectivity index (χ0n) is 33.6. The van der Waals surface area contributed by atoms with E-state index in [1.807, 2.05) is 0 Å². The van der Waals surface area contributed by atoms with Gasteiger partial charge in [0.2, 0.25) is 0 Å². The van der Waals surface area contributed by atoms with Crippen LogP contribution in [0.15, 0.2) is 57.2 Å². The van der Waals surface area contributed by atoms with Gasteiger partial charge in [-0.25, -0.2) is 35.6 Å². The van der Waals surface area contributed by atoms with Crippen molar-refractivity contribution < 1.29 is 52.0 Å². The third kappa shape index (κ3) is 12.7. The molecule has 2 aromatic carbocycles. The van der Waals surface area contributed by atoms with Crippen LogP contribution in [0.2, 0.25) is 10.0 Å². The van der Waals surface area contributed by atoms with Gasteiger partial charge >= 0.3 is 12.4 Å². The molecule has 4 aromatic rings. The number of benzene rings is 2. The zero-order chi connectivity index (χ0) is 45.9. The van der Waals surface area contributed by atoms with Crippen LogP contribution in [0.5, 0.6) is 0 Å². The van der Waals surface area contributed by atoms with Gasteiger partial charge in [0.1, 0.15) is 42.9 Å². The summed E-state index contributed by atoms with van der Waals surface area (Å²) in [5.74, 6) is -5.65. The second-order valence-corrected chi connectivity index (χ2v) is 22.3. The molecule has 344 valence electrons. The SMILES string of the molecule is CN(C)[C@@H]1C[C@@H](C(F)(F)F)CC[C@H]1Nc1cc(F)c(S(=O)(=O)Cc2nccs2)cc1Cl.CN(C)[C@H]1C[C@H](C(F)(F)F)CC[C@@H]1Nc1cc(F)c(S(=O)(=O)Cc2nccs2)cc1Cl. The van der Waals surface area contributed by atoms with Gasteiger partial charge in [0, 0.05) is 47.3 Å². The normalized spacial score (nSPS) is 22.6. The molecular weight excluding hydrogens is 956 g/mol. The summed E-state index contributed by atoms with van der Waals surface area (Å²) in [5, 5.41) is 9.92. The van der Waals surface area contributed by atoms with Crippen molar-refractivity contribution in [3.05, 3.63) is 79.1 Å². The molecule has 0 spiro atoms. The van der Waals surface area contributed by atoms with Crippen LogP contribution < -0.4 is 10.6 Å². The molecule has 6 rings (SSSR count). The molecule has 0 unspecified atom stereocenters. The molecule has 24 heteroatoms. The minimum absolute atomic E-state index is 0.0189. The van der Waals surface area contributed by atoms with Gasteiger partial charge < -0.3 is 20.4 Å². The van der Waals surface area contributed by atoms with Crippen LogP contribution in [0.1, 0.15) is 48.5 Å². The summed E-state index contributed by atoms with van der Waals surface area (Å²) in [4.78, 5) is 10.1. The molecule has 2 aromatic heterocycles. The first-order chi connectivity index (χ1) is 28.8. The van der Waals surface area contributed by atoms with Gasteiger partial charge in [0.15, 0.2) is 19.7 Å². The first-order valence-corrected chi connectivity index (χ1v) is 24.8. The Labute approximate surface area is 372 Å². The maximum atomic E-state index is 14.7. The van der Waals surface area contributed by atoms with Crippen molar-refractivity contribution >= 4 is 76.9 Å². The van der Waals surface area contributed by atoms with E-state index in [9.17, 15) is 52.0 Å². The average molecular weight is 1000 g/mol. The number of hydrogen-bond donors (Lipinski definition) is 2. The van der Waals surface area contributed by atoms with E-state index in [4.69, 9.17) is 23.2 Å². The fraction of sp³-hybridized carbons (Fsp3) is 0.526. The second-order valence-electron chi connectivity index (χ2n) is 15.6. The molecule has 0 radical (unpaired) electrons. The lowest BCUT2D eigenvalue weighted by Crippen LogP contribution is -2.49. The third-order valence-corrected chi connectivity index (χ3v) is 16.7. The fourth-order valence-corrected chi connectivity index (χ4v) is 12.9. The largest absolute Gasteiger partial charge is 0.391 e. The van der Waals surface area contributed by atoms with Crippen molar-refractivity contribution in [1.29, 1.82) is 0 Å². The maximum Gasteiger partial charge on any atom is 0.391 e. The number of nitrogens with one attached hydrogen (secondary N) is 2. The van der Waals surface area contributed by atoms with E-state index in [0.717, 1.165) is 46.9 Å².